The second-order valence-corrected chi connectivity index (χ2v) is 7.69. The molecule has 2 rings (SSSR count). The minimum atomic E-state index is -0.635. The number of carbonyl (C=O) groups excluding carboxylic acids is 1. The predicted molar refractivity (Wildman–Crippen MR) is 117 cm³/mol. The highest BCUT2D eigenvalue weighted by Crippen LogP contribution is 2.18. The van der Waals surface area contributed by atoms with Gasteiger partial charge in [0.05, 0.1) is 5.56 Å². The van der Waals surface area contributed by atoms with Crippen molar-refractivity contribution in [2.24, 2.45) is 5.92 Å². The van der Waals surface area contributed by atoms with E-state index in [9.17, 15) is 9.90 Å². The van der Waals surface area contributed by atoms with Gasteiger partial charge in [0.2, 0.25) is 0 Å². The molecule has 1 amide bonds. The van der Waals surface area contributed by atoms with Gasteiger partial charge in [0.1, 0.15) is 18.5 Å². The average molecular weight is 399 g/mol. The molecule has 1 atom stereocenters. The number of para-hydroxylation sites is 1. The topological polar surface area (TPSA) is 70.6 Å². The van der Waals surface area contributed by atoms with Crippen LogP contribution in [0.2, 0.25) is 0 Å². The van der Waals surface area contributed by atoms with Crippen molar-refractivity contribution in [1.82, 2.24) is 10.6 Å². The summed E-state index contributed by atoms with van der Waals surface area (Å²) in [5, 5.41) is 16.4. The first kappa shape index (κ1) is 22.9. The summed E-state index contributed by atoms with van der Waals surface area (Å²) in [7, 11) is 0. The SMILES string of the molecule is CC(C)CCNC(=O)c1ccccc1OCC(O)CNCCCc1ccccc1. The molecule has 1 unspecified atom stereocenters. The molecule has 158 valence electrons. The summed E-state index contributed by atoms with van der Waals surface area (Å²) in [6, 6.07) is 17.5. The smallest absolute Gasteiger partial charge is 0.255 e. The molecular formula is C24H34N2O3. The van der Waals surface area contributed by atoms with Crippen molar-refractivity contribution in [3.8, 4) is 5.75 Å². The first-order valence-corrected chi connectivity index (χ1v) is 10.5. The summed E-state index contributed by atoms with van der Waals surface area (Å²) >= 11 is 0. The summed E-state index contributed by atoms with van der Waals surface area (Å²) in [4.78, 5) is 12.4. The van der Waals surface area contributed by atoms with Crippen LogP contribution in [-0.4, -0.2) is 43.4 Å². The largest absolute Gasteiger partial charge is 0.490 e. The highest BCUT2D eigenvalue weighted by atomic mass is 16.5. The lowest BCUT2D eigenvalue weighted by molar-refractivity contribution is 0.0924. The third kappa shape index (κ3) is 9.11. The molecular weight excluding hydrogens is 364 g/mol. The van der Waals surface area contributed by atoms with Gasteiger partial charge in [-0.2, -0.15) is 0 Å². The maximum Gasteiger partial charge on any atom is 0.255 e. The Morgan fingerprint density at radius 1 is 1.03 bits per heavy atom. The summed E-state index contributed by atoms with van der Waals surface area (Å²) < 4.78 is 5.72. The van der Waals surface area contributed by atoms with Crippen molar-refractivity contribution in [1.29, 1.82) is 0 Å². The zero-order chi connectivity index (χ0) is 20.9. The summed E-state index contributed by atoms with van der Waals surface area (Å²) in [6.07, 6.45) is 2.32. The summed E-state index contributed by atoms with van der Waals surface area (Å²) in [6.45, 7) is 6.32. The first-order valence-electron chi connectivity index (χ1n) is 10.5. The molecule has 0 heterocycles. The number of ether oxygens (including phenoxy) is 1. The second-order valence-electron chi connectivity index (χ2n) is 7.69. The fraction of sp³-hybridized carbons (Fsp3) is 0.458. The Morgan fingerprint density at radius 2 is 1.76 bits per heavy atom. The van der Waals surface area contributed by atoms with E-state index in [0.717, 1.165) is 25.8 Å². The van der Waals surface area contributed by atoms with Crippen molar-refractivity contribution in [2.75, 3.05) is 26.2 Å². The number of rotatable bonds is 13. The van der Waals surface area contributed by atoms with Crippen LogP contribution in [0.1, 0.15) is 42.6 Å². The van der Waals surface area contributed by atoms with Gasteiger partial charge in [-0.25, -0.2) is 0 Å². The Bertz CT molecular complexity index is 719. The molecule has 0 saturated heterocycles. The number of hydrogen-bond acceptors (Lipinski definition) is 4. The van der Waals surface area contributed by atoms with E-state index in [2.05, 4.69) is 36.6 Å². The number of benzene rings is 2. The van der Waals surface area contributed by atoms with E-state index in [1.165, 1.54) is 5.56 Å². The Hall–Kier alpha value is -2.37. The van der Waals surface area contributed by atoms with E-state index < -0.39 is 6.10 Å². The third-order valence-electron chi connectivity index (χ3n) is 4.61. The molecule has 0 aliphatic rings. The zero-order valence-electron chi connectivity index (χ0n) is 17.6. The second kappa shape index (κ2) is 13.0. The van der Waals surface area contributed by atoms with Crippen LogP contribution >= 0.6 is 0 Å². The number of aryl methyl sites for hydroxylation is 1. The molecule has 0 saturated carbocycles. The average Bonchev–Trinajstić information content (AvgIpc) is 2.72. The molecule has 0 bridgehead atoms. The van der Waals surface area contributed by atoms with Gasteiger partial charge in [0.15, 0.2) is 0 Å². The molecule has 0 aliphatic heterocycles. The van der Waals surface area contributed by atoms with Gasteiger partial charge in [0, 0.05) is 13.1 Å². The fourth-order valence-corrected chi connectivity index (χ4v) is 2.93. The molecule has 29 heavy (non-hydrogen) atoms. The number of aliphatic hydroxyl groups is 1. The molecule has 5 heteroatoms. The van der Waals surface area contributed by atoms with Crippen LogP contribution in [0.25, 0.3) is 0 Å². The van der Waals surface area contributed by atoms with E-state index in [0.29, 0.717) is 30.3 Å². The lowest BCUT2D eigenvalue weighted by Gasteiger charge is -2.16. The molecule has 0 radical (unpaired) electrons. The van der Waals surface area contributed by atoms with Gasteiger partial charge in [-0.15, -0.1) is 0 Å². The molecule has 0 spiro atoms. The molecule has 0 fully saturated rings. The van der Waals surface area contributed by atoms with Gasteiger partial charge in [-0.3, -0.25) is 4.79 Å². The normalized spacial score (nSPS) is 12.0. The van der Waals surface area contributed by atoms with Crippen LogP contribution in [-0.2, 0) is 6.42 Å². The molecule has 0 aliphatic carbocycles. The molecule has 5 nitrogen and oxygen atoms in total. The van der Waals surface area contributed by atoms with Crippen LogP contribution in [0.15, 0.2) is 54.6 Å². The van der Waals surface area contributed by atoms with Crippen molar-refractivity contribution in [3.63, 3.8) is 0 Å². The number of nitrogens with one attached hydrogen (secondary N) is 2. The zero-order valence-corrected chi connectivity index (χ0v) is 17.6. The van der Waals surface area contributed by atoms with E-state index >= 15 is 0 Å². The van der Waals surface area contributed by atoms with Crippen LogP contribution in [0, 0.1) is 5.92 Å². The maximum atomic E-state index is 12.4. The summed E-state index contributed by atoms with van der Waals surface area (Å²) in [5.41, 5.74) is 1.82. The Morgan fingerprint density at radius 3 is 2.52 bits per heavy atom. The fourth-order valence-electron chi connectivity index (χ4n) is 2.93. The van der Waals surface area contributed by atoms with Gasteiger partial charge >= 0.3 is 0 Å². The van der Waals surface area contributed by atoms with Gasteiger partial charge < -0.3 is 20.5 Å². The lowest BCUT2D eigenvalue weighted by Crippen LogP contribution is -2.32. The molecule has 3 N–H and O–H groups in total. The van der Waals surface area contributed by atoms with Crippen LogP contribution in [0.3, 0.4) is 0 Å². The van der Waals surface area contributed by atoms with Crippen LogP contribution in [0.5, 0.6) is 5.75 Å². The first-order chi connectivity index (χ1) is 14.1. The lowest BCUT2D eigenvalue weighted by atomic mass is 10.1. The van der Waals surface area contributed by atoms with E-state index in [4.69, 9.17) is 4.74 Å². The predicted octanol–water partition coefficient (Wildman–Crippen LogP) is 3.42. The molecule has 2 aromatic rings. The standard InChI is InChI=1S/C24H34N2O3/c1-19(2)14-16-26-24(28)22-12-6-7-13-23(22)29-18-21(27)17-25-15-8-11-20-9-4-3-5-10-20/h3-7,9-10,12-13,19,21,25,27H,8,11,14-18H2,1-2H3,(H,26,28). The number of hydrogen-bond donors (Lipinski definition) is 3. The Balaban J connectivity index is 1.68. The minimum Gasteiger partial charge on any atom is -0.490 e. The van der Waals surface area contributed by atoms with Crippen molar-refractivity contribution < 1.29 is 14.6 Å². The maximum absolute atomic E-state index is 12.4. The number of aliphatic hydroxyl groups excluding tert-OH is 1. The van der Waals surface area contributed by atoms with Gasteiger partial charge in [-0.1, -0.05) is 56.3 Å². The van der Waals surface area contributed by atoms with Crippen LogP contribution < -0.4 is 15.4 Å². The van der Waals surface area contributed by atoms with Gasteiger partial charge in [-0.05, 0) is 49.4 Å². The van der Waals surface area contributed by atoms with Crippen molar-refractivity contribution in [3.05, 3.63) is 65.7 Å². The quantitative estimate of drug-likeness (QED) is 0.452. The minimum absolute atomic E-state index is 0.141. The Kier molecular flexibility index (Phi) is 10.2. The number of amides is 1. The third-order valence-corrected chi connectivity index (χ3v) is 4.61. The highest BCUT2D eigenvalue weighted by Gasteiger charge is 2.13. The molecule has 0 aromatic heterocycles. The number of carbonyl (C=O) groups is 1. The monoisotopic (exact) mass is 398 g/mol. The van der Waals surface area contributed by atoms with E-state index in [-0.39, 0.29) is 12.5 Å². The Labute approximate surface area is 174 Å². The highest BCUT2D eigenvalue weighted by molar-refractivity contribution is 5.96. The summed E-state index contributed by atoms with van der Waals surface area (Å²) in [5.74, 6) is 0.893. The van der Waals surface area contributed by atoms with E-state index in [1.807, 2.05) is 30.3 Å². The molecule has 2 aromatic carbocycles. The van der Waals surface area contributed by atoms with E-state index in [1.54, 1.807) is 12.1 Å². The van der Waals surface area contributed by atoms with Crippen molar-refractivity contribution >= 4 is 5.91 Å². The van der Waals surface area contributed by atoms with Gasteiger partial charge in [0.25, 0.3) is 5.91 Å². The van der Waals surface area contributed by atoms with Crippen LogP contribution in [0.4, 0.5) is 0 Å². The van der Waals surface area contributed by atoms with Crippen molar-refractivity contribution in [2.45, 2.75) is 39.2 Å².